The van der Waals surface area contributed by atoms with E-state index in [1.54, 1.807) is 0 Å². The van der Waals surface area contributed by atoms with Crippen LogP contribution in [0.4, 0.5) is 0 Å². The molecule has 8 heteroatoms. The van der Waals surface area contributed by atoms with Crippen LogP contribution in [0.15, 0.2) is 53.3 Å². The van der Waals surface area contributed by atoms with Gasteiger partial charge < -0.3 is 4.98 Å². The Morgan fingerprint density at radius 3 is 2.51 bits per heavy atom. The number of hydrogen-bond acceptors (Lipinski definition) is 6. The molecule has 2 aromatic heterocycles. The highest BCUT2D eigenvalue weighted by Crippen LogP contribution is 2.30. The van der Waals surface area contributed by atoms with Gasteiger partial charge in [0.2, 0.25) is 0 Å². The average Bonchev–Trinajstić information content (AvgIpc) is 3.44. The molecule has 1 saturated carbocycles. The predicted molar refractivity (Wildman–Crippen MR) is 154 cm³/mol. The number of piperazine rings is 1. The minimum Gasteiger partial charge on any atom is -0.321 e. The normalized spacial score (nSPS) is 18.5. The molecule has 1 aliphatic heterocycles. The van der Waals surface area contributed by atoms with Gasteiger partial charge in [-0.05, 0) is 71.7 Å². The van der Waals surface area contributed by atoms with Crippen molar-refractivity contribution in [1.29, 1.82) is 0 Å². The number of aromatic amines is 1. The molecule has 0 bridgehead atoms. The number of benzene rings is 2. The maximum atomic E-state index is 13.7. The maximum Gasteiger partial charge on any atom is 0.253 e. The number of tetrazole rings is 1. The summed E-state index contributed by atoms with van der Waals surface area (Å²) in [6.07, 6.45) is 7.50. The van der Waals surface area contributed by atoms with Gasteiger partial charge in [-0.2, -0.15) is 0 Å². The van der Waals surface area contributed by atoms with E-state index in [1.165, 1.54) is 43.2 Å². The summed E-state index contributed by atoms with van der Waals surface area (Å²) in [5.74, 6) is 0.741. The zero-order valence-corrected chi connectivity index (χ0v) is 23.1. The molecule has 0 amide bonds. The Balaban J connectivity index is 1.34. The van der Waals surface area contributed by atoms with Crippen molar-refractivity contribution in [2.75, 3.05) is 26.2 Å². The van der Waals surface area contributed by atoms with Crippen molar-refractivity contribution in [1.82, 2.24) is 35.0 Å². The SMILES string of the molecule is Cc1ccc2cc([C@H](c3nnnn3CCc3ccccc3)N3CCN(C4CCCCC4)CC3)c(=O)[nH]c2c1C. The molecule has 0 spiro atoms. The fourth-order valence-corrected chi connectivity index (χ4v) is 6.50. The van der Waals surface area contributed by atoms with E-state index < -0.39 is 0 Å². The molecule has 1 N–H and O–H groups in total. The van der Waals surface area contributed by atoms with E-state index in [9.17, 15) is 4.79 Å². The summed E-state index contributed by atoms with van der Waals surface area (Å²) < 4.78 is 1.90. The molecule has 8 nitrogen and oxygen atoms in total. The second kappa shape index (κ2) is 11.4. The lowest BCUT2D eigenvalue weighted by Crippen LogP contribution is -2.52. The molecular weight excluding hydrogens is 486 g/mol. The Kier molecular flexibility index (Phi) is 7.57. The first kappa shape index (κ1) is 25.9. The molecule has 204 valence electrons. The molecule has 0 unspecified atom stereocenters. The first-order valence-electron chi connectivity index (χ1n) is 14.5. The summed E-state index contributed by atoms with van der Waals surface area (Å²) in [5.41, 5.74) is 5.09. The fraction of sp³-hybridized carbons (Fsp3) is 0.484. The van der Waals surface area contributed by atoms with Crippen LogP contribution in [0.3, 0.4) is 0 Å². The van der Waals surface area contributed by atoms with Gasteiger partial charge >= 0.3 is 0 Å². The summed E-state index contributed by atoms with van der Waals surface area (Å²) in [5, 5.41) is 14.1. The van der Waals surface area contributed by atoms with Crippen LogP contribution in [0.2, 0.25) is 0 Å². The molecular formula is C31H39N7O. The van der Waals surface area contributed by atoms with Crippen LogP contribution >= 0.6 is 0 Å². The number of pyridine rings is 1. The molecule has 0 radical (unpaired) electrons. The standard InChI is InChI=1S/C31H39N7O/c1-22-13-14-25-21-27(31(39)32-28(25)23(22)2)29(37-19-17-36(18-20-37)26-11-7-4-8-12-26)30-33-34-35-38(30)16-15-24-9-5-3-6-10-24/h3,5-6,9-10,13-14,21,26,29H,4,7-8,11-12,15-20H2,1-2H3,(H,32,39)/t29-/m1/s1. The molecule has 3 heterocycles. The number of hydrogen-bond donors (Lipinski definition) is 1. The molecule has 4 aromatic rings. The van der Waals surface area contributed by atoms with Gasteiger partial charge in [-0.15, -0.1) is 5.10 Å². The van der Waals surface area contributed by atoms with Crippen molar-refractivity contribution in [2.24, 2.45) is 0 Å². The molecule has 1 aliphatic carbocycles. The summed E-state index contributed by atoms with van der Waals surface area (Å²) in [6.45, 7) is 8.60. The Bertz CT molecular complexity index is 1460. The number of nitrogens with zero attached hydrogens (tertiary/aromatic N) is 6. The second-order valence-corrected chi connectivity index (χ2v) is 11.3. The van der Waals surface area contributed by atoms with Crippen LogP contribution in [0.5, 0.6) is 0 Å². The van der Waals surface area contributed by atoms with Gasteiger partial charge in [0.1, 0.15) is 6.04 Å². The molecule has 39 heavy (non-hydrogen) atoms. The van der Waals surface area contributed by atoms with Crippen LogP contribution < -0.4 is 5.56 Å². The minimum absolute atomic E-state index is 0.0616. The van der Waals surface area contributed by atoms with E-state index in [4.69, 9.17) is 0 Å². The third kappa shape index (κ3) is 5.40. The first-order valence-corrected chi connectivity index (χ1v) is 14.5. The van der Waals surface area contributed by atoms with Crippen molar-refractivity contribution < 1.29 is 0 Å². The van der Waals surface area contributed by atoms with Crippen LogP contribution in [-0.2, 0) is 13.0 Å². The number of aryl methyl sites for hydroxylation is 4. The van der Waals surface area contributed by atoms with Crippen molar-refractivity contribution in [2.45, 2.75) is 71.0 Å². The Morgan fingerprint density at radius 1 is 0.974 bits per heavy atom. The third-order valence-corrected chi connectivity index (χ3v) is 8.94. The van der Waals surface area contributed by atoms with Crippen LogP contribution in [0.1, 0.15) is 66.2 Å². The van der Waals surface area contributed by atoms with Crippen molar-refractivity contribution in [3.05, 3.63) is 87.0 Å². The lowest BCUT2D eigenvalue weighted by atomic mass is 9.93. The smallest absolute Gasteiger partial charge is 0.253 e. The highest BCUT2D eigenvalue weighted by molar-refractivity contribution is 5.83. The van der Waals surface area contributed by atoms with Crippen LogP contribution in [0, 0.1) is 13.8 Å². The van der Waals surface area contributed by atoms with Gasteiger partial charge in [0, 0.05) is 44.3 Å². The van der Waals surface area contributed by atoms with Gasteiger partial charge in [-0.1, -0.05) is 61.7 Å². The lowest BCUT2D eigenvalue weighted by Gasteiger charge is -2.43. The molecule has 2 aromatic carbocycles. The number of rotatable bonds is 7. The highest BCUT2D eigenvalue weighted by Gasteiger charge is 2.34. The molecule has 2 fully saturated rings. The van der Waals surface area contributed by atoms with Gasteiger partial charge in [-0.3, -0.25) is 14.6 Å². The summed E-state index contributed by atoms with van der Waals surface area (Å²) in [6, 6.07) is 17.1. The summed E-state index contributed by atoms with van der Waals surface area (Å²) >= 11 is 0. The zero-order valence-electron chi connectivity index (χ0n) is 23.1. The quantitative estimate of drug-likeness (QED) is 0.385. The van der Waals surface area contributed by atoms with Crippen molar-refractivity contribution >= 4 is 10.9 Å². The zero-order chi connectivity index (χ0) is 26.8. The largest absolute Gasteiger partial charge is 0.321 e. The first-order chi connectivity index (χ1) is 19.1. The second-order valence-electron chi connectivity index (χ2n) is 11.3. The average molecular weight is 526 g/mol. The highest BCUT2D eigenvalue weighted by atomic mass is 16.1. The number of nitrogens with one attached hydrogen (secondary N) is 1. The Hall–Kier alpha value is -3.36. The van der Waals surface area contributed by atoms with Gasteiger partial charge in [0.05, 0.1) is 5.52 Å². The Morgan fingerprint density at radius 2 is 1.74 bits per heavy atom. The van der Waals surface area contributed by atoms with Crippen molar-refractivity contribution in [3.8, 4) is 0 Å². The van der Waals surface area contributed by atoms with E-state index in [0.717, 1.165) is 54.9 Å². The van der Waals surface area contributed by atoms with E-state index in [2.05, 4.69) is 86.6 Å². The number of H-pyrrole nitrogens is 1. The fourth-order valence-electron chi connectivity index (χ4n) is 6.50. The van der Waals surface area contributed by atoms with E-state index >= 15 is 0 Å². The third-order valence-electron chi connectivity index (χ3n) is 8.94. The lowest BCUT2D eigenvalue weighted by molar-refractivity contribution is 0.0617. The van der Waals surface area contributed by atoms with E-state index in [1.807, 2.05) is 10.7 Å². The summed E-state index contributed by atoms with van der Waals surface area (Å²) in [7, 11) is 0. The van der Waals surface area contributed by atoms with Gasteiger partial charge in [-0.25, -0.2) is 4.68 Å². The monoisotopic (exact) mass is 525 g/mol. The van der Waals surface area contributed by atoms with Crippen LogP contribution in [0.25, 0.3) is 10.9 Å². The summed E-state index contributed by atoms with van der Waals surface area (Å²) in [4.78, 5) is 22.0. The molecule has 2 aliphatic rings. The topological polar surface area (TPSA) is 82.9 Å². The Labute approximate surface area is 230 Å². The van der Waals surface area contributed by atoms with Crippen molar-refractivity contribution in [3.63, 3.8) is 0 Å². The maximum absolute atomic E-state index is 13.7. The molecule has 6 rings (SSSR count). The van der Waals surface area contributed by atoms with Gasteiger partial charge in [0.15, 0.2) is 5.82 Å². The molecule has 1 saturated heterocycles. The van der Waals surface area contributed by atoms with Gasteiger partial charge in [0.25, 0.3) is 5.56 Å². The molecule has 1 atom stereocenters. The van der Waals surface area contributed by atoms with E-state index in [0.29, 0.717) is 18.2 Å². The number of aromatic nitrogens is 5. The van der Waals surface area contributed by atoms with Crippen LogP contribution in [-0.4, -0.2) is 67.2 Å². The number of fused-ring (bicyclic) bond motifs is 1. The predicted octanol–water partition coefficient (Wildman–Crippen LogP) is 4.41. The van der Waals surface area contributed by atoms with E-state index in [-0.39, 0.29) is 11.6 Å². The minimum atomic E-state index is -0.306.